The number of hydrogen-bond donors (Lipinski definition) is 0. The van der Waals surface area contributed by atoms with Crippen molar-refractivity contribution in [3.8, 4) is 11.1 Å². The van der Waals surface area contributed by atoms with Gasteiger partial charge in [-0.2, -0.15) is 0 Å². The highest BCUT2D eigenvalue weighted by atomic mass is 15.0. The average Bonchev–Trinajstić information content (AvgIpc) is 3.26. The van der Waals surface area contributed by atoms with Gasteiger partial charge in [-0.1, -0.05) is 81.9 Å². The van der Waals surface area contributed by atoms with Crippen molar-refractivity contribution in [1.29, 1.82) is 0 Å². The molecule has 37 heavy (non-hydrogen) atoms. The molecule has 2 aliphatic carbocycles. The fraction of sp³-hybridized carbons (Fsp3) is 0.286. The van der Waals surface area contributed by atoms with Crippen molar-refractivity contribution in [2.45, 2.75) is 52.4 Å². The van der Waals surface area contributed by atoms with Gasteiger partial charge in [-0.25, -0.2) is 0 Å². The molecular weight excluding hydrogens is 448 g/mol. The summed E-state index contributed by atoms with van der Waals surface area (Å²) in [6.07, 6.45) is 4.51. The van der Waals surface area contributed by atoms with Crippen LogP contribution in [0.25, 0.3) is 22.4 Å². The lowest BCUT2D eigenvalue weighted by Crippen LogP contribution is -2.28. The molecule has 188 valence electrons. The fourth-order valence-corrected chi connectivity index (χ4v) is 6.07. The predicted octanol–water partition coefficient (Wildman–Crippen LogP) is 8.61. The van der Waals surface area contributed by atoms with Gasteiger partial charge in [0.15, 0.2) is 0 Å². The van der Waals surface area contributed by atoms with E-state index in [0.717, 1.165) is 17.0 Å². The molecule has 2 nitrogen and oxygen atoms in total. The molecule has 0 radical (unpaired) electrons. The minimum Gasteiger partial charge on any atom is -0.383 e. The van der Waals surface area contributed by atoms with Crippen molar-refractivity contribution >= 4 is 17.0 Å². The van der Waals surface area contributed by atoms with E-state index in [1.807, 2.05) is 13.8 Å². The Hall–Kier alpha value is -3.65. The number of hydrogen-bond acceptors (Lipinski definition) is 2. The Labute approximate surface area is 222 Å². The zero-order valence-electron chi connectivity index (χ0n) is 23.5. The van der Waals surface area contributed by atoms with E-state index < -0.39 is 0 Å². The molecule has 1 unspecified atom stereocenters. The van der Waals surface area contributed by atoms with Gasteiger partial charge in [0, 0.05) is 19.8 Å². The molecule has 0 bridgehead atoms. The number of allylic oxidation sites excluding steroid dienone is 3. The number of nitrogens with zero attached hydrogens (tertiary/aromatic N) is 2. The maximum absolute atomic E-state index is 4.71. The summed E-state index contributed by atoms with van der Waals surface area (Å²) in [6.45, 7) is 17.5. The summed E-state index contributed by atoms with van der Waals surface area (Å²) < 4.78 is 0. The van der Waals surface area contributed by atoms with Crippen LogP contribution in [0, 0.1) is 0 Å². The molecule has 0 aliphatic heterocycles. The second kappa shape index (κ2) is 8.73. The maximum atomic E-state index is 4.71. The van der Waals surface area contributed by atoms with E-state index in [1.165, 1.54) is 50.1 Å². The zero-order valence-corrected chi connectivity index (χ0v) is 23.5. The smallest absolute Gasteiger partial charge is 0.0723 e. The number of aliphatic imine (C=N–C) groups is 1. The van der Waals surface area contributed by atoms with Crippen LogP contribution in [0.4, 0.5) is 0 Å². The van der Waals surface area contributed by atoms with E-state index in [9.17, 15) is 0 Å². The lowest BCUT2D eigenvalue weighted by Gasteiger charge is -2.33. The minimum absolute atomic E-state index is 0.0524. The maximum Gasteiger partial charge on any atom is 0.0723 e. The van der Waals surface area contributed by atoms with Gasteiger partial charge in [-0.3, -0.25) is 4.99 Å². The lowest BCUT2D eigenvalue weighted by molar-refractivity contribution is 0.562. The molecule has 1 atom stereocenters. The Bertz CT molecular complexity index is 1520. The fourth-order valence-electron chi connectivity index (χ4n) is 6.07. The van der Waals surface area contributed by atoms with Crippen LogP contribution >= 0.6 is 0 Å². The minimum atomic E-state index is -0.389. The average molecular weight is 487 g/mol. The van der Waals surface area contributed by atoms with Crippen molar-refractivity contribution in [2.24, 2.45) is 4.99 Å². The Morgan fingerprint density at radius 1 is 0.865 bits per heavy atom. The first-order chi connectivity index (χ1) is 17.5. The zero-order chi connectivity index (χ0) is 26.7. The number of rotatable bonds is 4. The van der Waals surface area contributed by atoms with Gasteiger partial charge in [0.2, 0.25) is 0 Å². The topological polar surface area (TPSA) is 15.6 Å². The van der Waals surface area contributed by atoms with Gasteiger partial charge in [0.05, 0.1) is 11.1 Å². The SMILES string of the molecule is C=C(N=C(C)C)c1ccc2c(c1)C1(C(/C=C/N(C)C)=C(C)c3ccc(C(C)(C)C)cc31)c1ccccc1-2. The van der Waals surface area contributed by atoms with Crippen LogP contribution in [-0.2, 0) is 10.8 Å². The van der Waals surface area contributed by atoms with Crippen molar-refractivity contribution < 1.29 is 0 Å². The van der Waals surface area contributed by atoms with Crippen LogP contribution in [0.15, 0.2) is 90.1 Å². The third kappa shape index (κ3) is 3.82. The van der Waals surface area contributed by atoms with Crippen molar-refractivity contribution in [3.63, 3.8) is 0 Å². The van der Waals surface area contributed by atoms with Crippen LogP contribution in [0.1, 0.15) is 74.9 Å². The van der Waals surface area contributed by atoms with E-state index >= 15 is 0 Å². The highest BCUT2D eigenvalue weighted by Crippen LogP contribution is 2.62. The van der Waals surface area contributed by atoms with Crippen LogP contribution in [-0.4, -0.2) is 24.7 Å². The third-order valence-corrected chi connectivity index (χ3v) is 7.78. The molecule has 3 aromatic carbocycles. The second-order valence-electron chi connectivity index (χ2n) is 11.9. The summed E-state index contributed by atoms with van der Waals surface area (Å²) in [5, 5.41) is 0. The van der Waals surface area contributed by atoms with E-state index in [-0.39, 0.29) is 10.8 Å². The monoisotopic (exact) mass is 486 g/mol. The molecule has 5 rings (SSSR count). The first-order valence-corrected chi connectivity index (χ1v) is 13.1. The first-order valence-electron chi connectivity index (χ1n) is 13.1. The van der Waals surface area contributed by atoms with Gasteiger partial charge >= 0.3 is 0 Å². The van der Waals surface area contributed by atoms with E-state index in [4.69, 9.17) is 4.99 Å². The molecule has 2 aliphatic rings. The van der Waals surface area contributed by atoms with Crippen molar-refractivity contribution in [2.75, 3.05) is 14.1 Å². The third-order valence-electron chi connectivity index (χ3n) is 7.78. The summed E-state index contributed by atoms with van der Waals surface area (Å²) in [4.78, 5) is 6.83. The summed E-state index contributed by atoms with van der Waals surface area (Å²) >= 11 is 0. The van der Waals surface area contributed by atoms with Crippen LogP contribution in [0.2, 0.25) is 0 Å². The quantitative estimate of drug-likeness (QED) is 0.337. The molecule has 3 aromatic rings. The van der Waals surface area contributed by atoms with E-state index in [2.05, 4.69) is 126 Å². The number of fused-ring (bicyclic) bond motifs is 7. The Morgan fingerprint density at radius 3 is 2.19 bits per heavy atom. The summed E-state index contributed by atoms with van der Waals surface area (Å²) in [7, 11) is 4.17. The molecule has 0 heterocycles. The van der Waals surface area contributed by atoms with Crippen LogP contribution in [0.3, 0.4) is 0 Å². The lowest BCUT2D eigenvalue weighted by atomic mass is 9.68. The molecule has 1 spiro atoms. The molecule has 0 N–H and O–H groups in total. The Kier molecular flexibility index (Phi) is 5.90. The van der Waals surface area contributed by atoms with Gasteiger partial charge in [-0.05, 0) is 100 Å². The van der Waals surface area contributed by atoms with Gasteiger partial charge in [-0.15, -0.1) is 0 Å². The summed E-state index contributed by atoms with van der Waals surface area (Å²) in [6, 6.07) is 22.9. The van der Waals surface area contributed by atoms with Crippen molar-refractivity contribution in [1.82, 2.24) is 4.90 Å². The molecule has 2 heteroatoms. The second-order valence-corrected chi connectivity index (χ2v) is 11.9. The summed E-state index contributed by atoms with van der Waals surface area (Å²) in [5.41, 5.74) is 14.6. The molecule has 0 fully saturated rings. The van der Waals surface area contributed by atoms with Gasteiger partial charge in [0.25, 0.3) is 0 Å². The van der Waals surface area contributed by atoms with Gasteiger partial charge in [0.1, 0.15) is 0 Å². The standard InChI is InChI=1S/C35H38N2/c1-22(2)36-24(4)25-14-16-29-28-12-10-11-13-31(28)35(32(29)20-25)30(18-19-37(8)9)23(3)27-17-15-26(21-33(27)35)34(5,6)7/h10-21H,4H2,1-3,5-9H3/b19-18+. The van der Waals surface area contributed by atoms with Crippen LogP contribution in [0.5, 0.6) is 0 Å². The molecule has 0 saturated heterocycles. The first kappa shape index (κ1) is 25.0. The molecule has 0 saturated carbocycles. The largest absolute Gasteiger partial charge is 0.383 e. The normalized spacial score (nSPS) is 17.7. The highest BCUT2D eigenvalue weighted by Gasteiger charge is 2.51. The highest BCUT2D eigenvalue weighted by molar-refractivity contribution is 5.96. The van der Waals surface area contributed by atoms with Crippen LogP contribution < -0.4 is 0 Å². The molecule has 0 aromatic heterocycles. The Balaban J connectivity index is 1.92. The Morgan fingerprint density at radius 2 is 1.51 bits per heavy atom. The number of benzene rings is 3. The van der Waals surface area contributed by atoms with E-state index in [1.54, 1.807) is 0 Å². The molecular formula is C35H38N2. The van der Waals surface area contributed by atoms with Crippen molar-refractivity contribution in [3.05, 3.63) is 118 Å². The van der Waals surface area contributed by atoms with Gasteiger partial charge < -0.3 is 4.90 Å². The summed E-state index contributed by atoms with van der Waals surface area (Å²) in [5.74, 6) is 0. The van der Waals surface area contributed by atoms with E-state index in [0.29, 0.717) is 0 Å². The predicted molar refractivity (Wildman–Crippen MR) is 160 cm³/mol. The molecule has 0 amide bonds.